The van der Waals surface area contributed by atoms with Crippen molar-refractivity contribution < 1.29 is 32.2 Å². The second-order valence-corrected chi connectivity index (χ2v) is 10.2. The molecule has 2 aromatic heterocycles. The van der Waals surface area contributed by atoms with Crippen molar-refractivity contribution in [3.8, 4) is 0 Å². The molecule has 0 bridgehead atoms. The zero-order chi connectivity index (χ0) is 27.1. The Bertz CT molecular complexity index is 1140. The summed E-state index contributed by atoms with van der Waals surface area (Å²) in [7, 11) is 1.41. The molecular formula is C25H31F3N6O4. The van der Waals surface area contributed by atoms with Gasteiger partial charge in [-0.05, 0) is 38.8 Å². The van der Waals surface area contributed by atoms with Crippen LogP contribution < -0.4 is 15.1 Å². The highest BCUT2D eigenvalue weighted by Crippen LogP contribution is 2.36. The van der Waals surface area contributed by atoms with Crippen molar-refractivity contribution in [2.75, 3.05) is 48.4 Å². The van der Waals surface area contributed by atoms with Crippen LogP contribution in [0.4, 0.5) is 30.5 Å². The molecule has 38 heavy (non-hydrogen) atoms. The van der Waals surface area contributed by atoms with Crippen LogP contribution in [0.25, 0.3) is 0 Å². The van der Waals surface area contributed by atoms with Gasteiger partial charge >= 0.3 is 12.1 Å². The number of nitrogens with zero attached hydrogens (tertiary/aromatic N) is 5. The van der Waals surface area contributed by atoms with Crippen molar-refractivity contribution in [1.82, 2.24) is 15.0 Å². The molecule has 3 aliphatic rings. The first-order valence-corrected chi connectivity index (χ1v) is 12.6. The number of carbonyl (C=O) groups is 1. The van der Waals surface area contributed by atoms with Gasteiger partial charge in [0.1, 0.15) is 23.8 Å². The number of rotatable bonds is 5. The molecule has 3 saturated heterocycles. The predicted molar refractivity (Wildman–Crippen MR) is 132 cm³/mol. The van der Waals surface area contributed by atoms with E-state index in [0.717, 1.165) is 31.6 Å². The highest BCUT2D eigenvalue weighted by atomic mass is 19.4. The number of halogens is 3. The molecule has 0 amide bonds. The Morgan fingerprint density at radius 3 is 2.53 bits per heavy atom. The van der Waals surface area contributed by atoms with Crippen LogP contribution in [0.1, 0.15) is 32.4 Å². The number of methoxy groups -OCH3 is 1. The highest BCUT2D eigenvalue weighted by Gasteiger charge is 2.49. The van der Waals surface area contributed by atoms with Gasteiger partial charge in [0.2, 0.25) is 0 Å². The van der Waals surface area contributed by atoms with Gasteiger partial charge in [0.25, 0.3) is 0 Å². The van der Waals surface area contributed by atoms with E-state index in [1.807, 2.05) is 30.9 Å². The normalized spacial score (nSPS) is 25.7. The van der Waals surface area contributed by atoms with Crippen LogP contribution >= 0.6 is 0 Å². The summed E-state index contributed by atoms with van der Waals surface area (Å²) in [6.45, 7) is 6.02. The van der Waals surface area contributed by atoms with Gasteiger partial charge in [-0.1, -0.05) is 0 Å². The molecule has 2 aromatic rings. The third-order valence-electron chi connectivity index (χ3n) is 7.14. The quantitative estimate of drug-likeness (QED) is 0.574. The Morgan fingerprint density at radius 1 is 1.11 bits per heavy atom. The average Bonchev–Trinajstić information content (AvgIpc) is 3.22. The predicted octanol–water partition coefficient (Wildman–Crippen LogP) is 3.10. The van der Waals surface area contributed by atoms with Crippen molar-refractivity contribution in [3.05, 3.63) is 36.4 Å². The number of hydrogen-bond acceptors (Lipinski definition) is 10. The second kappa shape index (κ2) is 10.2. The average molecular weight is 537 g/mol. The summed E-state index contributed by atoms with van der Waals surface area (Å²) in [4.78, 5) is 28.1. The van der Waals surface area contributed by atoms with Gasteiger partial charge < -0.3 is 29.3 Å². The van der Waals surface area contributed by atoms with E-state index in [9.17, 15) is 18.0 Å². The maximum absolute atomic E-state index is 13.2. The summed E-state index contributed by atoms with van der Waals surface area (Å²) >= 11 is 0. The Balaban J connectivity index is 1.30. The number of fused-ring (bicyclic) bond motifs is 1. The summed E-state index contributed by atoms with van der Waals surface area (Å²) in [6, 6.07) is 3.49. The summed E-state index contributed by atoms with van der Waals surface area (Å²) in [6.07, 6.45) is -0.103. The monoisotopic (exact) mass is 536 g/mol. The van der Waals surface area contributed by atoms with Crippen molar-refractivity contribution in [1.29, 1.82) is 0 Å². The van der Waals surface area contributed by atoms with Crippen molar-refractivity contribution in [2.24, 2.45) is 5.92 Å². The molecule has 1 N–H and O–H groups in total. The smallest absolute Gasteiger partial charge is 0.434 e. The van der Waals surface area contributed by atoms with Crippen molar-refractivity contribution in [3.63, 3.8) is 0 Å². The topological polar surface area (TPSA) is 102 Å². The molecule has 3 fully saturated rings. The number of ether oxygens (including phenoxy) is 3. The van der Waals surface area contributed by atoms with Gasteiger partial charge in [-0.3, -0.25) is 9.78 Å². The van der Waals surface area contributed by atoms with E-state index in [1.165, 1.54) is 13.3 Å². The lowest BCUT2D eigenvalue weighted by Crippen LogP contribution is -2.57. The van der Waals surface area contributed by atoms with Gasteiger partial charge in [0, 0.05) is 26.2 Å². The Kier molecular flexibility index (Phi) is 7.07. The molecule has 3 aliphatic heterocycles. The Morgan fingerprint density at radius 2 is 1.87 bits per heavy atom. The van der Waals surface area contributed by atoms with Gasteiger partial charge in [0.15, 0.2) is 11.5 Å². The number of anilines is 3. The van der Waals surface area contributed by atoms with E-state index < -0.39 is 29.8 Å². The Labute approximate surface area is 218 Å². The van der Waals surface area contributed by atoms with Crippen molar-refractivity contribution >= 4 is 23.3 Å². The number of hydrogen-bond donors (Lipinski definition) is 1. The van der Waals surface area contributed by atoms with Crippen LogP contribution in [0.2, 0.25) is 0 Å². The zero-order valence-electron chi connectivity index (χ0n) is 21.4. The number of pyridine rings is 1. The summed E-state index contributed by atoms with van der Waals surface area (Å²) in [5.74, 6) is -0.349. The molecule has 3 atom stereocenters. The van der Waals surface area contributed by atoms with Crippen LogP contribution in [0.5, 0.6) is 0 Å². The molecule has 13 heteroatoms. The first-order valence-electron chi connectivity index (χ1n) is 12.6. The minimum absolute atomic E-state index is 0.0115. The molecule has 0 aliphatic carbocycles. The lowest BCUT2D eigenvalue weighted by Gasteiger charge is -2.40. The molecular weight excluding hydrogens is 505 g/mol. The van der Waals surface area contributed by atoms with Gasteiger partial charge in [-0.25, -0.2) is 9.97 Å². The van der Waals surface area contributed by atoms with Crippen LogP contribution in [0, 0.1) is 5.92 Å². The first-order chi connectivity index (χ1) is 18.0. The standard InChI is InChI=1S/C25H31F3N6O4/c1-24(2)37-18-14-34(13-17(22(18)38-24)31-20-12-29-11-19(32-20)25(26,27)28)21-5-4-16(10-30-21)33-8-6-15(7-9-33)23(35)36-3/h4-5,10-12,15,17-18,22H,6-9,13-14H2,1-3H3,(H,31,32)/t17-,18-,22+/m0/s1. The Hall–Kier alpha value is -3.19. The van der Waals surface area contributed by atoms with Crippen molar-refractivity contribution in [2.45, 2.75) is 56.9 Å². The summed E-state index contributed by atoms with van der Waals surface area (Å²) in [5, 5.41) is 3.09. The lowest BCUT2D eigenvalue weighted by atomic mass is 9.97. The number of alkyl halides is 3. The van der Waals surface area contributed by atoms with E-state index in [-0.39, 0.29) is 23.8 Å². The minimum atomic E-state index is -4.60. The summed E-state index contributed by atoms with van der Waals surface area (Å²) in [5.41, 5.74) is -0.106. The lowest BCUT2D eigenvalue weighted by molar-refractivity contribution is -0.146. The first kappa shape index (κ1) is 26.4. The fourth-order valence-electron chi connectivity index (χ4n) is 5.35. The van der Waals surface area contributed by atoms with E-state index in [4.69, 9.17) is 14.2 Å². The van der Waals surface area contributed by atoms with E-state index in [1.54, 1.807) is 6.20 Å². The van der Waals surface area contributed by atoms with Crippen LogP contribution in [-0.4, -0.2) is 78.2 Å². The van der Waals surface area contributed by atoms with Gasteiger partial charge in [-0.2, -0.15) is 13.2 Å². The fourth-order valence-corrected chi connectivity index (χ4v) is 5.35. The van der Waals surface area contributed by atoms with Crippen LogP contribution in [-0.2, 0) is 25.2 Å². The molecule has 206 valence electrons. The second-order valence-electron chi connectivity index (χ2n) is 10.2. The molecule has 0 saturated carbocycles. The van der Waals surface area contributed by atoms with Crippen LogP contribution in [0.3, 0.4) is 0 Å². The van der Waals surface area contributed by atoms with E-state index in [2.05, 4.69) is 25.2 Å². The van der Waals surface area contributed by atoms with Gasteiger partial charge in [-0.15, -0.1) is 0 Å². The van der Waals surface area contributed by atoms with Gasteiger partial charge in [0.05, 0.1) is 43.3 Å². The molecule has 0 aromatic carbocycles. The third kappa shape index (κ3) is 5.63. The molecule has 0 spiro atoms. The minimum Gasteiger partial charge on any atom is -0.469 e. The number of piperidine rings is 2. The maximum atomic E-state index is 13.2. The highest BCUT2D eigenvalue weighted by molar-refractivity contribution is 5.72. The fraction of sp³-hybridized carbons (Fsp3) is 0.600. The molecule has 5 heterocycles. The zero-order valence-corrected chi connectivity index (χ0v) is 21.4. The van der Waals surface area contributed by atoms with E-state index >= 15 is 0 Å². The number of esters is 1. The number of nitrogens with one attached hydrogen (secondary N) is 1. The largest absolute Gasteiger partial charge is 0.469 e. The SMILES string of the molecule is COC(=O)C1CCN(c2ccc(N3C[C@H](Nc4cncc(C(F)(F)F)n4)[C@H]4OC(C)(C)O[C@H]4C3)nc2)CC1. The molecule has 0 radical (unpaired) electrons. The van der Waals surface area contributed by atoms with Crippen LogP contribution in [0.15, 0.2) is 30.7 Å². The maximum Gasteiger partial charge on any atom is 0.434 e. The third-order valence-corrected chi connectivity index (χ3v) is 7.14. The molecule has 0 unspecified atom stereocenters. The summed E-state index contributed by atoms with van der Waals surface area (Å²) < 4.78 is 56.6. The number of aromatic nitrogens is 3. The van der Waals surface area contributed by atoms with E-state index in [0.29, 0.717) is 25.1 Å². The number of carbonyl (C=O) groups excluding carboxylic acids is 1. The molecule has 5 rings (SSSR count). The molecule has 10 nitrogen and oxygen atoms in total.